The van der Waals surface area contributed by atoms with Crippen molar-refractivity contribution in [1.29, 1.82) is 0 Å². The third-order valence-corrected chi connectivity index (χ3v) is 5.01. The highest BCUT2D eigenvalue weighted by Gasteiger charge is 2.25. The molecule has 0 heterocycles. The lowest BCUT2D eigenvalue weighted by atomic mass is 9.87. The number of benzene rings is 1. The maximum Gasteiger partial charge on any atom is 0.380 e. The minimum Gasteiger partial charge on any atom is -0.424 e. The normalized spacial score (nSPS) is 15.0. The number of rotatable bonds is 6. The first-order valence-electron chi connectivity index (χ1n) is 6.40. The average molecular weight is 305 g/mol. The van der Waals surface area contributed by atoms with Gasteiger partial charge in [-0.1, -0.05) is 32.9 Å². The van der Waals surface area contributed by atoms with Crippen LogP contribution in [0, 0.1) is 0 Å². The molecule has 1 atom stereocenters. The van der Waals surface area contributed by atoms with Gasteiger partial charge in [0, 0.05) is 5.88 Å². The van der Waals surface area contributed by atoms with E-state index in [9.17, 15) is 4.57 Å². The summed E-state index contributed by atoms with van der Waals surface area (Å²) in [5, 5.41) is 0. The molecule has 1 unspecified atom stereocenters. The Morgan fingerprint density at radius 2 is 1.79 bits per heavy atom. The van der Waals surface area contributed by atoms with Gasteiger partial charge < -0.3 is 9.05 Å². The summed E-state index contributed by atoms with van der Waals surface area (Å²) in [6.07, 6.45) is 0.212. The zero-order chi connectivity index (χ0) is 14.5. The minimum atomic E-state index is -3.13. The molecule has 5 heteroatoms. The van der Waals surface area contributed by atoms with E-state index in [1.807, 2.05) is 24.3 Å². The van der Waals surface area contributed by atoms with Gasteiger partial charge in [-0.25, -0.2) is 4.57 Å². The van der Waals surface area contributed by atoms with Crippen molar-refractivity contribution in [3.8, 4) is 5.75 Å². The van der Waals surface area contributed by atoms with Crippen molar-refractivity contribution in [2.45, 2.75) is 33.1 Å². The molecule has 0 radical (unpaired) electrons. The largest absolute Gasteiger partial charge is 0.424 e. The SMILES string of the molecule is CCOP(=O)(CCCl)Oc1ccc(C(C)(C)C)cc1. The second-order valence-corrected chi connectivity index (χ2v) is 7.79. The molecule has 0 saturated heterocycles. The lowest BCUT2D eigenvalue weighted by Crippen LogP contribution is -2.10. The Morgan fingerprint density at radius 1 is 1.21 bits per heavy atom. The maximum atomic E-state index is 12.3. The molecule has 0 saturated carbocycles. The van der Waals surface area contributed by atoms with Gasteiger partial charge in [0.25, 0.3) is 0 Å². The predicted octanol–water partition coefficient (Wildman–Crippen LogP) is 4.83. The van der Waals surface area contributed by atoms with Gasteiger partial charge in [0.2, 0.25) is 0 Å². The van der Waals surface area contributed by atoms with Gasteiger partial charge in [0.05, 0.1) is 12.8 Å². The van der Waals surface area contributed by atoms with Gasteiger partial charge in [-0.3, -0.25) is 0 Å². The highest BCUT2D eigenvalue weighted by atomic mass is 35.5. The van der Waals surface area contributed by atoms with E-state index in [1.54, 1.807) is 6.92 Å². The second-order valence-electron chi connectivity index (χ2n) is 5.31. The third-order valence-electron chi connectivity index (χ3n) is 2.65. The molecular formula is C14H22ClO3P. The Kier molecular flexibility index (Phi) is 5.91. The lowest BCUT2D eigenvalue weighted by molar-refractivity contribution is 0.280. The fourth-order valence-corrected chi connectivity index (χ4v) is 3.55. The van der Waals surface area contributed by atoms with E-state index in [0.29, 0.717) is 12.4 Å². The molecular weight excluding hydrogens is 283 g/mol. The lowest BCUT2D eigenvalue weighted by Gasteiger charge is -2.21. The Bertz CT molecular complexity index is 427. The molecule has 0 amide bonds. The molecule has 3 nitrogen and oxygen atoms in total. The zero-order valence-electron chi connectivity index (χ0n) is 12.0. The first-order valence-corrected chi connectivity index (χ1v) is 8.66. The van der Waals surface area contributed by atoms with Crippen LogP contribution in [-0.4, -0.2) is 18.6 Å². The Hall–Kier alpha value is -0.500. The summed E-state index contributed by atoms with van der Waals surface area (Å²) >= 11 is 5.64. The molecule has 0 bridgehead atoms. The van der Waals surface area contributed by atoms with Gasteiger partial charge >= 0.3 is 7.60 Å². The molecule has 108 valence electrons. The summed E-state index contributed by atoms with van der Waals surface area (Å²) in [6.45, 7) is 8.55. The molecule has 0 aromatic heterocycles. The molecule has 0 spiro atoms. The van der Waals surface area contributed by atoms with Crippen molar-refractivity contribution in [3.63, 3.8) is 0 Å². The highest BCUT2D eigenvalue weighted by molar-refractivity contribution is 7.54. The molecule has 0 N–H and O–H groups in total. The fraction of sp³-hybridized carbons (Fsp3) is 0.571. The summed E-state index contributed by atoms with van der Waals surface area (Å²) in [5.41, 5.74) is 1.28. The van der Waals surface area contributed by atoms with Crippen LogP contribution in [0.4, 0.5) is 0 Å². The predicted molar refractivity (Wildman–Crippen MR) is 80.6 cm³/mol. The minimum absolute atomic E-state index is 0.0816. The van der Waals surface area contributed by atoms with Crippen LogP contribution < -0.4 is 4.52 Å². The van der Waals surface area contributed by atoms with Crippen molar-refractivity contribution in [2.75, 3.05) is 18.6 Å². The van der Waals surface area contributed by atoms with E-state index in [4.69, 9.17) is 20.6 Å². The maximum absolute atomic E-state index is 12.3. The van der Waals surface area contributed by atoms with Crippen molar-refractivity contribution >= 4 is 19.2 Å². The molecule has 0 fully saturated rings. The number of halogens is 1. The van der Waals surface area contributed by atoms with E-state index < -0.39 is 7.60 Å². The highest BCUT2D eigenvalue weighted by Crippen LogP contribution is 2.48. The molecule has 0 aliphatic carbocycles. The van der Waals surface area contributed by atoms with Crippen LogP contribution in [0.15, 0.2) is 24.3 Å². The number of alkyl halides is 1. The van der Waals surface area contributed by atoms with Gasteiger partial charge in [0.15, 0.2) is 0 Å². The molecule has 1 aromatic rings. The van der Waals surface area contributed by atoms with Gasteiger partial charge in [-0.2, -0.15) is 0 Å². The first-order chi connectivity index (χ1) is 8.80. The van der Waals surface area contributed by atoms with Crippen LogP contribution in [0.3, 0.4) is 0 Å². The average Bonchev–Trinajstić information content (AvgIpc) is 2.28. The van der Waals surface area contributed by atoms with E-state index in [2.05, 4.69) is 20.8 Å². The summed E-state index contributed by atoms with van der Waals surface area (Å²) in [6, 6.07) is 7.60. The van der Waals surface area contributed by atoms with Gasteiger partial charge in [-0.05, 0) is 30.0 Å². The summed E-state index contributed by atoms with van der Waals surface area (Å²) < 4.78 is 23.1. The van der Waals surface area contributed by atoms with E-state index in [1.165, 1.54) is 5.56 Å². The quantitative estimate of drug-likeness (QED) is 0.557. The monoisotopic (exact) mass is 304 g/mol. The third kappa shape index (κ3) is 5.18. The molecule has 0 aliphatic heterocycles. The van der Waals surface area contributed by atoms with E-state index >= 15 is 0 Å². The molecule has 1 rings (SSSR count). The Balaban J connectivity index is 2.84. The Labute approximate surface area is 120 Å². The van der Waals surface area contributed by atoms with Crippen LogP contribution in [0.2, 0.25) is 0 Å². The van der Waals surface area contributed by atoms with Crippen LogP contribution in [0.5, 0.6) is 5.75 Å². The molecule has 19 heavy (non-hydrogen) atoms. The van der Waals surface area contributed by atoms with Crippen molar-refractivity contribution in [2.24, 2.45) is 0 Å². The topological polar surface area (TPSA) is 35.5 Å². The van der Waals surface area contributed by atoms with E-state index in [0.717, 1.165) is 0 Å². The standard InChI is InChI=1S/C14H22ClO3P/c1-5-17-19(16,11-10-15)18-13-8-6-12(7-9-13)14(2,3)4/h6-9H,5,10-11H2,1-4H3. The first kappa shape index (κ1) is 16.6. The Morgan fingerprint density at radius 3 is 2.21 bits per heavy atom. The smallest absolute Gasteiger partial charge is 0.380 e. The van der Waals surface area contributed by atoms with Crippen LogP contribution in [-0.2, 0) is 14.5 Å². The van der Waals surface area contributed by atoms with Crippen LogP contribution in [0.1, 0.15) is 33.3 Å². The summed E-state index contributed by atoms with van der Waals surface area (Å²) in [5.74, 6) is 0.798. The zero-order valence-corrected chi connectivity index (χ0v) is 13.6. The molecule has 0 aliphatic rings. The molecule has 1 aromatic carbocycles. The van der Waals surface area contributed by atoms with Crippen molar-refractivity contribution < 1.29 is 13.6 Å². The van der Waals surface area contributed by atoms with Crippen molar-refractivity contribution in [1.82, 2.24) is 0 Å². The van der Waals surface area contributed by atoms with Gasteiger partial charge in [0.1, 0.15) is 5.75 Å². The van der Waals surface area contributed by atoms with Crippen molar-refractivity contribution in [3.05, 3.63) is 29.8 Å². The van der Waals surface area contributed by atoms with Crippen LogP contribution >= 0.6 is 19.2 Å². The second kappa shape index (κ2) is 6.78. The van der Waals surface area contributed by atoms with Crippen LogP contribution in [0.25, 0.3) is 0 Å². The summed E-state index contributed by atoms with van der Waals surface area (Å²) in [7, 11) is -3.13. The number of hydrogen-bond donors (Lipinski definition) is 0. The number of hydrogen-bond acceptors (Lipinski definition) is 3. The summed E-state index contributed by atoms with van der Waals surface area (Å²) in [4.78, 5) is 0. The fourth-order valence-electron chi connectivity index (χ4n) is 1.61. The van der Waals surface area contributed by atoms with Gasteiger partial charge in [-0.15, -0.1) is 11.6 Å². The van der Waals surface area contributed by atoms with E-state index in [-0.39, 0.29) is 17.5 Å².